The molecule has 0 saturated carbocycles. The van der Waals surface area contributed by atoms with Gasteiger partial charge >= 0.3 is 0 Å². The van der Waals surface area contributed by atoms with Gasteiger partial charge in [0, 0.05) is 9.75 Å². The lowest BCUT2D eigenvalue weighted by atomic mass is 10.2. The Morgan fingerprint density at radius 3 is 2.23 bits per heavy atom. The van der Waals surface area contributed by atoms with Gasteiger partial charge in [-0.2, -0.15) is 5.26 Å². The Morgan fingerprint density at radius 1 is 0.955 bits per heavy atom. The molecule has 2 N–H and O–H groups in total. The quantitative estimate of drug-likeness (QED) is 0.709. The molecule has 3 aromatic heterocycles. The van der Waals surface area contributed by atoms with E-state index in [2.05, 4.69) is 39.2 Å². The highest BCUT2D eigenvalue weighted by Crippen LogP contribution is 2.19. The molecule has 0 aliphatic carbocycles. The van der Waals surface area contributed by atoms with E-state index in [4.69, 9.17) is 0 Å². The van der Waals surface area contributed by atoms with Crippen molar-refractivity contribution in [2.75, 3.05) is 10.6 Å². The van der Waals surface area contributed by atoms with Gasteiger partial charge in [-0.05, 0) is 35.0 Å². The maximum Gasteiger partial charge on any atom is 0.146 e. The molecule has 0 aromatic carbocycles. The second-order valence-corrected chi connectivity index (χ2v) is 6.63. The smallest absolute Gasteiger partial charge is 0.146 e. The van der Waals surface area contributed by atoms with E-state index in [1.165, 1.54) is 9.75 Å². The fraction of sp³-hybridized carbons (Fsp3) is 0.125. The molecular formula is C16H14N4S2. The van der Waals surface area contributed by atoms with Crippen molar-refractivity contribution in [3.63, 3.8) is 0 Å². The normalized spacial score (nSPS) is 10.1. The van der Waals surface area contributed by atoms with Crippen molar-refractivity contribution >= 4 is 34.3 Å². The van der Waals surface area contributed by atoms with Gasteiger partial charge in [-0.15, -0.1) is 22.7 Å². The highest BCUT2D eigenvalue weighted by Gasteiger charge is 2.06. The maximum absolute atomic E-state index is 9.20. The first-order chi connectivity index (χ1) is 10.8. The summed E-state index contributed by atoms with van der Waals surface area (Å²) in [5.74, 6) is 1.38. The van der Waals surface area contributed by atoms with Crippen LogP contribution in [0.4, 0.5) is 11.6 Å². The molecule has 0 spiro atoms. The predicted molar refractivity (Wildman–Crippen MR) is 92.2 cm³/mol. The van der Waals surface area contributed by atoms with Crippen LogP contribution >= 0.6 is 22.7 Å². The predicted octanol–water partition coefficient (Wildman–Crippen LogP) is 4.30. The summed E-state index contributed by atoms with van der Waals surface area (Å²) in [5, 5.41) is 19.8. The van der Waals surface area contributed by atoms with Crippen LogP contribution < -0.4 is 10.6 Å². The van der Waals surface area contributed by atoms with Gasteiger partial charge in [-0.3, -0.25) is 0 Å². The third kappa shape index (κ3) is 3.64. The SMILES string of the molecule is N#Cc1ccc(NCc2cccs2)nc1NCc1cccs1. The number of pyridine rings is 1. The van der Waals surface area contributed by atoms with Crippen LogP contribution in [0.1, 0.15) is 15.3 Å². The molecule has 0 radical (unpaired) electrons. The molecule has 0 amide bonds. The molecular weight excluding hydrogens is 312 g/mol. The van der Waals surface area contributed by atoms with E-state index >= 15 is 0 Å². The molecule has 3 aromatic rings. The number of nitrogens with zero attached hydrogens (tertiary/aromatic N) is 2. The first-order valence-corrected chi connectivity index (χ1v) is 8.55. The molecule has 0 unspecified atom stereocenters. The largest absolute Gasteiger partial charge is 0.365 e. The Labute approximate surface area is 137 Å². The van der Waals surface area contributed by atoms with Crippen molar-refractivity contribution < 1.29 is 0 Å². The van der Waals surface area contributed by atoms with E-state index in [1.807, 2.05) is 23.6 Å². The number of aromatic nitrogens is 1. The molecule has 6 heteroatoms. The topological polar surface area (TPSA) is 60.7 Å². The van der Waals surface area contributed by atoms with Crippen LogP contribution in [0.5, 0.6) is 0 Å². The lowest BCUT2D eigenvalue weighted by molar-refractivity contribution is 1.10. The van der Waals surface area contributed by atoms with Gasteiger partial charge in [0.1, 0.15) is 17.7 Å². The minimum Gasteiger partial charge on any atom is -0.365 e. The molecule has 0 atom stereocenters. The minimum atomic E-state index is 0.554. The van der Waals surface area contributed by atoms with Crippen molar-refractivity contribution in [2.24, 2.45) is 0 Å². The summed E-state index contributed by atoms with van der Waals surface area (Å²) in [7, 11) is 0. The van der Waals surface area contributed by atoms with Crippen LogP contribution in [0.15, 0.2) is 47.2 Å². The Bertz CT molecular complexity index is 758. The number of hydrogen-bond acceptors (Lipinski definition) is 6. The lowest BCUT2D eigenvalue weighted by Crippen LogP contribution is -2.06. The van der Waals surface area contributed by atoms with Gasteiger partial charge in [0.25, 0.3) is 0 Å². The highest BCUT2D eigenvalue weighted by molar-refractivity contribution is 7.10. The molecule has 22 heavy (non-hydrogen) atoms. The summed E-state index contributed by atoms with van der Waals surface area (Å²) in [6, 6.07) is 14.0. The summed E-state index contributed by atoms with van der Waals surface area (Å²) in [4.78, 5) is 6.97. The van der Waals surface area contributed by atoms with Crippen molar-refractivity contribution in [1.29, 1.82) is 5.26 Å². The second kappa shape index (κ2) is 7.07. The molecule has 3 heterocycles. The fourth-order valence-electron chi connectivity index (χ4n) is 1.96. The summed E-state index contributed by atoms with van der Waals surface area (Å²) in [6.07, 6.45) is 0. The molecule has 0 saturated heterocycles. The lowest BCUT2D eigenvalue weighted by Gasteiger charge is -2.09. The second-order valence-electron chi connectivity index (χ2n) is 4.57. The number of anilines is 2. The summed E-state index contributed by atoms with van der Waals surface area (Å²) in [6.45, 7) is 1.41. The van der Waals surface area contributed by atoms with Crippen LogP contribution in [-0.2, 0) is 13.1 Å². The first kappa shape index (κ1) is 14.6. The van der Waals surface area contributed by atoms with E-state index < -0.39 is 0 Å². The third-order valence-corrected chi connectivity index (χ3v) is 4.80. The summed E-state index contributed by atoms with van der Waals surface area (Å²) >= 11 is 3.39. The number of nitrogens with one attached hydrogen (secondary N) is 2. The number of nitriles is 1. The van der Waals surface area contributed by atoms with Crippen LogP contribution in [-0.4, -0.2) is 4.98 Å². The van der Waals surface area contributed by atoms with Gasteiger partial charge in [0.15, 0.2) is 0 Å². The minimum absolute atomic E-state index is 0.554. The van der Waals surface area contributed by atoms with E-state index in [9.17, 15) is 5.26 Å². The van der Waals surface area contributed by atoms with Crippen LogP contribution in [0.2, 0.25) is 0 Å². The van der Waals surface area contributed by atoms with Crippen molar-refractivity contribution in [3.05, 3.63) is 62.5 Å². The van der Waals surface area contributed by atoms with E-state index in [-0.39, 0.29) is 0 Å². The number of hydrogen-bond donors (Lipinski definition) is 2. The zero-order valence-corrected chi connectivity index (χ0v) is 13.4. The molecule has 4 nitrogen and oxygen atoms in total. The molecule has 0 aliphatic heterocycles. The summed E-state index contributed by atoms with van der Waals surface area (Å²) in [5.41, 5.74) is 0.554. The van der Waals surface area contributed by atoms with Gasteiger partial charge in [-0.25, -0.2) is 4.98 Å². The van der Waals surface area contributed by atoms with Crippen LogP contribution in [0.25, 0.3) is 0 Å². The fourth-order valence-corrected chi connectivity index (χ4v) is 3.25. The zero-order chi connectivity index (χ0) is 15.2. The molecule has 0 aliphatic rings. The van der Waals surface area contributed by atoms with E-state index in [1.54, 1.807) is 28.7 Å². The van der Waals surface area contributed by atoms with E-state index in [0.29, 0.717) is 17.9 Å². The Hall–Kier alpha value is -2.36. The van der Waals surface area contributed by atoms with Crippen molar-refractivity contribution in [1.82, 2.24) is 4.98 Å². The monoisotopic (exact) mass is 326 g/mol. The standard InChI is InChI=1S/C16H14N4S2/c17-9-12-5-6-15(18-10-13-3-1-7-21-13)20-16(12)19-11-14-4-2-8-22-14/h1-8H,10-11H2,(H2,18,19,20). The van der Waals surface area contributed by atoms with Crippen LogP contribution in [0.3, 0.4) is 0 Å². The molecule has 110 valence electrons. The van der Waals surface area contributed by atoms with Gasteiger partial charge in [-0.1, -0.05) is 12.1 Å². The highest BCUT2D eigenvalue weighted by atomic mass is 32.1. The van der Waals surface area contributed by atoms with Gasteiger partial charge in [0.05, 0.1) is 18.7 Å². The third-order valence-electron chi connectivity index (χ3n) is 3.05. The molecule has 0 fully saturated rings. The number of rotatable bonds is 6. The zero-order valence-electron chi connectivity index (χ0n) is 11.7. The first-order valence-electron chi connectivity index (χ1n) is 6.79. The van der Waals surface area contributed by atoms with Crippen molar-refractivity contribution in [2.45, 2.75) is 13.1 Å². The molecule has 3 rings (SSSR count). The Morgan fingerprint density at radius 2 is 1.64 bits per heavy atom. The molecule has 0 bridgehead atoms. The maximum atomic E-state index is 9.20. The van der Waals surface area contributed by atoms with E-state index in [0.717, 1.165) is 12.4 Å². The summed E-state index contributed by atoms with van der Waals surface area (Å²) < 4.78 is 0. The van der Waals surface area contributed by atoms with Gasteiger partial charge in [0.2, 0.25) is 0 Å². The Kier molecular flexibility index (Phi) is 4.68. The number of thiophene rings is 2. The Balaban J connectivity index is 1.70. The average molecular weight is 326 g/mol. The van der Waals surface area contributed by atoms with Crippen LogP contribution in [0, 0.1) is 11.3 Å². The van der Waals surface area contributed by atoms with Gasteiger partial charge < -0.3 is 10.6 Å². The average Bonchev–Trinajstić information content (AvgIpc) is 3.24. The van der Waals surface area contributed by atoms with Crippen molar-refractivity contribution in [3.8, 4) is 6.07 Å².